The summed E-state index contributed by atoms with van der Waals surface area (Å²) in [6, 6.07) is 10.4. The van der Waals surface area contributed by atoms with Gasteiger partial charge in [0.1, 0.15) is 17.3 Å². The van der Waals surface area contributed by atoms with Gasteiger partial charge in [0.05, 0.1) is 11.2 Å². The second-order valence-corrected chi connectivity index (χ2v) is 5.78. The zero-order valence-electron chi connectivity index (χ0n) is 14.0. The van der Waals surface area contributed by atoms with Crippen LogP contribution in [0.2, 0.25) is 0 Å². The van der Waals surface area contributed by atoms with Gasteiger partial charge < -0.3 is 17.2 Å². The maximum Gasteiger partial charge on any atom is 0.191 e. The Morgan fingerprint density at radius 1 is 1.00 bits per heavy atom. The van der Waals surface area contributed by atoms with E-state index in [1.165, 1.54) is 6.07 Å². The van der Waals surface area contributed by atoms with E-state index in [0.29, 0.717) is 5.56 Å². The molecular formula is C19H17F2N5. The molecule has 1 aromatic heterocycles. The Balaban J connectivity index is 2.25. The molecule has 3 aromatic rings. The fourth-order valence-corrected chi connectivity index (χ4v) is 2.66. The van der Waals surface area contributed by atoms with E-state index in [2.05, 4.69) is 9.98 Å². The van der Waals surface area contributed by atoms with Crippen LogP contribution in [0.25, 0.3) is 22.3 Å². The molecule has 26 heavy (non-hydrogen) atoms. The standard InChI is InChI=1S/C19H17F2N5/c1-10-6-7-25-16-5-2-11(8-14(10)16)17(22)18(26-19(23)24)13-4-3-12(20)9-15(13)21/h2-9H,22H2,1H3,(H4,23,24,26)/b18-17-. The lowest BCUT2D eigenvalue weighted by Crippen LogP contribution is -2.23. The number of aryl methyl sites for hydroxylation is 1. The molecule has 0 spiro atoms. The van der Waals surface area contributed by atoms with Crippen molar-refractivity contribution in [3.8, 4) is 0 Å². The first-order chi connectivity index (χ1) is 12.4. The quantitative estimate of drug-likeness (QED) is 0.383. The average molecular weight is 353 g/mol. The van der Waals surface area contributed by atoms with Gasteiger partial charge in [-0.1, -0.05) is 6.07 Å². The highest BCUT2D eigenvalue weighted by atomic mass is 19.1. The van der Waals surface area contributed by atoms with Crippen molar-refractivity contribution in [2.45, 2.75) is 6.92 Å². The molecule has 0 fully saturated rings. The van der Waals surface area contributed by atoms with E-state index in [1.54, 1.807) is 18.3 Å². The monoisotopic (exact) mass is 353 g/mol. The van der Waals surface area contributed by atoms with Crippen molar-refractivity contribution in [2.75, 3.05) is 0 Å². The van der Waals surface area contributed by atoms with E-state index in [-0.39, 0.29) is 22.9 Å². The number of halogens is 2. The second-order valence-electron chi connectivity index (χ2n) is 5.78. The topological polar surface area (TPSA) is 103 Å². The molecule has 0 radical (unpaired) electrons. The number of benzene rings is 2. The van der Waals surface area contributed by atoms with Crippen molar-refractivity contribution in [3.05, 3.63) is 77.0 Å². The molecule has 0 amide bonds. The van der Waals surface area contributed by atoms with Crippen molar-refractivity contribution in [1.82, 2.24) is 4.98 Å². The van der Waals surface area contributed by atoms with E-state index in [1.807, 2.05) is 19.1 Å². The van der Waals surface area contributed by atoms with Crippen molar-refractivity contribution >= 4 is 28.3 Å². The lowest BCUT2D eigenvalue weighted by atomic mass is 10.0. The lowest BCUT2D eigenvalue weighted by molar-refractivity contribution is 0.581. The summed E-state index contributed by atoms with van der Waals surface area (Å²) >= 11 is 0. The molecule has 0 aliphatic heterocycles. The van der Waals surface area contributed by atoms with Crippen LogP contribution in [0, 0.1) is 18.6 Å². The first-order valence-electron chi connectivity index (χ1n) is 7.77. The maximum atomic E-state index is 14.3. The predicted octanol–water partition coefficient (Wildman–Crippen LogP) is 2.88. The Bertz CT molecular complexity index is 1050. The molecule has 0 bridgehead atoms. The summed E-state index contributed by atoms with van der Waals surface area (Å²) in [5.41, 5.74) is 19.8. The molecule has 2 aromatic carbocycles. The number of aromatic nitrogens is 1. The molecule has 7 heteroatoms. The van der Waals surface area contributed by atoms with Gasteiger partial charge in [-0.05, 0) is 42.8 Å². The van der Waals surface area contributed by atoms with Crippen LogP contribution in [-0.2, 0) is 0 Å². The van der Waals surface area contributed by atoms with Gasteiger partial charge in [-0.3, -0.25) is 4.98 Å². The minimum atomic E-state index is -0.813. The summed E-state index contributed by atoms with van der Waals surface area (Å²) in [6.45, 7) is 1.95. The van der Waals surface area contributed by atoms with Gasteiger partial charge in [0.25, 0.3) is 0 Å². The van der Waals surface area contributed by atoms with Crippen LogP contribution in [0.3, 0.4) is 0 Å². The Hall–Kier alpha value is -3.48. The molecule has 0 unspecified atom stereocenters. The number of hydrogen-bond donors (Lipinski definition) is 3. The number of hydrogen-bond acceptors (Lipinski definition) is 3. The van der Waals surface area contributed by atoms with E-state index < -0.39 is 11.6 Å². The summed E-state index contributed by atoms with van der Waals surface area (Å²) in [6.07, 6.45) is 1.72. The Morgan fingerprint density at radius 3 is 2.46 bits per heavy atom. The Kier molecular flexibility index (Phi) is 4.53. The van der Waals surface area contributed by atoms with Crippen molar-refractivity contribution in [2.24, 2.45) is 22.2 Å². The van der Waals surface area contributed by atoms with E-state index in [9.17, 15) is 8.78 Å². The van der Waals surface area contributed by atoms with Crippen LogP contribution in [0.5, 0.6) is 0 Å². The predicted molar refractivity (Wildman–Crippen MR) is 99.6 cm³/mol. The van der Waals surface area contributed by atoms with Crippen molar-refractivity contribution in [3.63, 3.8) is 0 Å². The van der Waals surface area contributed by atoms with Crippen LogP contribution < -0.4 is 17.2 Å². The fourth-order valence-electron chi connectivity index (χ4n) is 2.66. The van der Waals surface area contributed by atoms with Crippen molar-refractivity contribution in [1.29, 1.82) is 0 Å². The minimum Gasteiger partial charge on any atom is -0.396 e. The zero-order valence-corrected chi connectivity index (χ0v) is 14.0. The Labute approximate surface area is 148 Å². The molecule has 1 heterocycles. The van der Waals surface area contributed by atoms with Crippen LogP contribution in [0.1, 0.15) is 16.7 Å². The van der Waals surface area contributed by atoms with Gasteiger partial charge in [0, 0.05) is 28.8 Å². The second kappa shape index (κ2) is 6.79. The van der Waals surface area contributed by atoms with Gasteiger partial charge in [-0.25, -0.2) is 13.8 Å². The summed E-state index contributed by atoms with van der Waals surface area (Å²) in [4.78, 5) is 8.26. The molecule has 0 saturated carbocycles. The highest BCUT2D eigenvalue weighted by Gasteiger charge is 2.15. The van der Waals surface area contributed by atoms with Gasteiger partial charge in [-0.2, -0.15) is 0 Å². The van der Waals surface area contributed by atoms with E-state index >= 15 is 0 Å². The molecular weight excluding hydrogens is 336 g/mol. The highest BCUT2D eigenvalue weighted by Crippen LogP contribution is 2.28. The third-order valence-corrected chi connectivity index (χ3v) is 3.95. The van der Waals surface area contributed by atoms with Crippen LogP contribution in [0.15, 0.2) is 53.7 Å². The summed E-state index contributed by atoms with van der Waals surface area (Å²) in [5.74, 6) is -1.81. The molecule has 0 aliphatic carbocycles. The van der Waals surface area contributed by atoms with Gasteiger partial charge in [-0.15, -0.1) is 0 Å². The number of aliphatic imine (C=N–C) groups is 1. The van der Waals surface area contributed by atoms with Crippen molar-refractivity contribution < 1.29 is 8.78 Å². The number of fused-ring (bicyclic) bond motifs is 1. The van der Waals surface area contributed by atoms with Gasteiger partial charge >= 0.3 is 0 Å². The zero-order chi connectivity index (χ0) is 18.8. The van der Waals surface area contributed by atoms with Crippen LogP contribution >= 0.6 is 0 Å². The number of nitrogens with two attached hydrogens (primary N) is 3. The highest BCUT2D eigenvalue weighted by molar-refractivity contribution is 5.96. The smallest absolute Gasteiger partial charge is 0.191 e. The first-order valence-corrected chi connectivity index (χ1v) is 7.77. The third kappa shape index (κ3) is 3.32. The molecule has 6 N–H and O–H groups in total. The van der Waals surface area contributed by atoms with Crippen LogP contribution in [-0.4, -0.2) is 10.9 Å². The van der Waals surface area contributed by atoms with Gasteiger partial charge in [0.2, 0.25) is 0 Å². The maximum absolute atomic E-state index is 14.3. The number of nitrogens with zero attached hydrogens (tertiary/aromatic N) is 2. The molecule has 132 valence electrons. The summed E-state index contributed by atoms with van der Waals surface area (Å²) in [5, 5.41) is 0.900. The first kappa shape index (κ1) is 17.3. The molecule has 3 rings (SSSR count). The van der Waals surface area contributed by atoms with E-state index in [4.69, 9.17) is 17.2 Å². The lowest BCUT2D eigenvalue weighted by Gasteiger charge is -2.11. The largest absolute Gasteiger partial charge is 0.396 e. The molecule has 0 atom stereocenters. The van der Waals surface area contributed by atoms with E-state index in [0.717, 1.165) is 28.6 Å². The average Bonchev–Trinajstić information content (AvgIpc) is 2.59. The fraction of sp³-hybridized carbons (Fsp3) is 0.0526. The summed E-state index contributed by atoms with van der Waals surface area (Å²) in [7, 11) is 0. The number of guanidine groups is 1. The molecule has 0 aliphatic rings. The normalized spacial score (nSPS) is 12.0. The third-order valence-electron chi connectivity index (χ3n) is 3.95. The van der Waals surface area contributed by atoms with Crippen LogP contribution in [0.4, 0.5) is 8.78 Å². The minimum absolute atomic E-state index is 0.000283. The Morgan fingerprint density at radius 2 is 1.77 bits per heavy atom. The number of rotatable bonds is 3. The molecule has 0 saturated heterocycles. The number of pyridine rings is 1. The van der Waals surface area contributed by atoms with Gasteiger partial charge in [0.15, 0.2) is 5.96 Å². The summed E-state index contributed by atoms with van der Waals surface area (Å²) < 4.78 is 27.5. The molecule has 5 nitrogen and oxygen atoms in total. The SMILES string of the molecule is Cc1ccnc2ccc(/C(N)=C(/N=C(N)N)c3ccc(F)cc3F)cc12.